The van der Waals surface area contributed by atoms with Crippen molar-refractivity contribution in [2.75, 3.05) is 29.9 Å². The van der Waals surface area contributed by atoms with E-state index >= 15 is 0 Å². The Morgan fingerprint density at radius 1 is 0.963 bits per heavy atom. The van der Waals surface area contributed by atoms with Crippen molar-refractivity contribution in [3.05, 3.63) is 24.3 Å². The van der Waals surface area contributed by atoms with E-state index in [2.05, 4.69) is 33.0 Å². The Hall–Kier alpha value is -2.24. The van der Waals surface area contributed by atoms with E-state index in [9.17, 15) is 9.59 Å². The van der Waals surface area contributed by atoms with Gasteiger partial charge in [-0.1, -0.05) is 19.3 Å². The highest BCUT2D eigenvalue weighted by Crippen LogP contribution is 2.22. The lowest BCUT2D eigenvalue weighted by Crippen LogP contribution is -2.43. The minimum Gasteiger partial charge on any atom is -0.372 e. The van der Waals surface area contributed by atoms with Crippen molar-refractivity contribution >= 4 is 23.3 Å². The van der Waals surface area contributed by atoms with Crippen LogP contribution in [0.4, 0.5) is 16.2 Å². The molecule has 0 atom stereocenters. The lowest BCUT2D eigenvalue weighted by Gasteiger charge is -2.22. The summed E-state index contributed by atoms with van der Waals surface area (Å²) in [5.41, 5.74) is 2.05. The Morgan fingerprint density at radius 2 is 1.67 bits per heavy atom. The van der Waals surface area contributed by atoms with Crippen molar-refractivity contribution in [3.63, 3.8) is 0 Å². The molecule has 1 aromatic rings. The minimum atomic E-state index is -0.111. The average Bonchev–Trinajstić information content (AvgIpc) is 3.21. The first-order chi connectivity index (χ1) is 13.2. The van der Waals surface area contributed by atoms with Crippen molar-refractivity contribution in [2.45, 2.75) is 63.8 Å². The Morgan fingerprint density at radius 3 is 2.37 bits per heavy atom. The largest absolute Gasteiger partial charge is 0.372 e. The fourth-order valence-electron chi connectivity index (χ4n) is 3.89. The highest BCUT2D eigenvalue weighted by Gasteiger charge is 2.15. The minimum absolute atomic E-state index is 0.0154. The van der Waals surface area contributed by atoms with Crippen molar-refractivity contribution in [1.29, 1.82) is 0 Å². The summed E-state index contributed by atoms with van der Waals surface area (Å²) in [6.07, 6.45) is 9.37. The van der Waals surface area contributed by atoms with Gasteiger partial charge in [0.15, 0.2) is 0 Å². The van der Waals surface area contributed by atoms with Crippen LogP contribution in [-0.4, -0.2) is 37.6 Å². The van der Waals surface area contributed by atoms with Gasteiger partial charge in [0.2, 0.25) is 5.91 Å². The third-order valence-electron chi connectivity index (χ3n) is 5.43. The topological polar surface area (TPSA) is 73.5 Å². The molecule has 0 aromatic heterocycles. The Balaban J connectivity index is 1.29. The number of carbonyl (C=O) groups is 2. The summed E-state index contributed by atoms with van der Waals surface area (Å²) in [5, 5.41) is 8.80. The molecule has 3 N–H and O–H groups in total. The Labute approximate surface area is 162 Å². The highest BCUT2D eigenvalue weighted by atomic mass is 16.2. The molecule has 0 radical (unpaired) electrons. The third-order valence-corrected chi connectivity index (χ3v) is 5.43. The second kappa shape index (κ2) is 10.2. The van der Waals surface area contributed by atoms with E-state index < -0.39 is 0 Å². The maximum Gasteiger partial charge on any atom is 0.315 e. The van der Waals surface area contributed by atoms with Crippen LogP contribution in [0, 0.1) is 0 Å². The second-order valence-corrected chi connectivity index (χ2v) is 7.63. The third kappa shape index (κ3) is 6.45. The number of anilines is 2. The van der Waals surface area contributed by atoms with Gasteiger partial charge in [-0.2, -0.15) is 0 Å². The van der Waals surface area contributed by atoms with Gasteiger partial charge in [0.25, 0.3) is 0 Å². The van der Waals surface area contributed by atoms with Crippen LogP contribution in [0.5, 0.6) is 0 Å². The van der Waals surface area contributed by atoms with E-state index in [1.54, 1.807) is 0 Å². The zero-order valence-electron chi connectivity index (χ0n) is 16.1. The molecule has 6 nitrogen and oxygen atoms in total. The van der Waals surface area contributed by atoms with E-state index in [4.69, 9.17) is 0 Å². The first-order valence-corrected chi connectivity index (χ1v) is 10.4. The molecule has 148 valence electrons. The van der Waals surface area contributed by atoms with E-state index in [1.165, 1.54) is 37.8 Å². The van der Waals surface area contributed by atoms with Gasteiger partial charge in [0.05, 0.1) is 0 Å². The van der Waals surface area contributed by atoms with Crippen LogP contribution in [0.25, 0.3) is 0 Å². The quantitative estimate of drug-likeness (QED) is 0.640. The number of hydrogen-bond donors (Lipinski definition) is 3. The number of nitrogens with zero attached hydrogens (tertiary/aromatic N) is 1. The summed E-state index contributed by atoms with van der Waals surface area (Å²) in [6.45, 7) is 2.75. The molecule has 3 rings (SSSR count). The first-order valence-electron chi connectivity index (χ1n) is 10.4. The highest BCUT2D eigenvalue weighted by molar-refractivity contribution is 5.90. The molecule has 1 aliphatic carbocycles. The van der Waals surface area contributed by atoms with Crippen LogP contribution in [0.2, 0.25) is 0 Å². The molecule has 1 heterocycles. The van der Waals surface area contributed by atoms with Gasteiger partial charge in [-0.3, -0.25) is 4.79 Å². The first kappa shape index (κ1) is 19.5. The van der Waals surface area contributed by atoms with Crippen molar-refractivity contribution < 1.29 is 9.59 Å². The zero-order valence-corrected chi connectivity index (χ0v) is 16.1. The number of benzene rings is 1. The van der Waals surface area contributed by atoms with Gasteiger partial charge in [-0.25, -0.2) is 4.79 Å². The molecule has 1 saturated carbocycles. The number of nitrogens with one attached hydrogen (secondary N) is 3. The predicted octanol–water partition coefficient (Wildman–Crippen LogP) is 3.64. The van der Waals surface area contributed by atoms with Gasteiger partial charge in [-0.05, 0) is 56.4 Å². The maximum atomic E-state index is 12.1. The van der Waals surface area contributed by atoms with Crippen molar-refractivity contribution in [2.24, 2.45) is 0 Å². The SMILES string of the molecule is O=C(CCCNC(=O)NC1CCCCC1)Nc1ccc(N2CCCC2)cc1. The van der Waals surface area contributed by atoms with Gasteiger partial charge in [0.1, 0.15) is 0 Å². The van der Waals surface area contributed by atoms with E-state index in [0.717, 1.165) is 31.6 Å². The number of hydrogen-bond acceptors (Lipinski definition) is 3. The maximum absolute atomic E-state index is 12.1. The average molecular weight is 373 g/mol. The second-order valence-electron chi connectivity index (χ2n) is 7.63. The summed E-state index contributed by atoms with van der Waals surface area (Å²) in [4.78, 5) is 26.3. The molecule has 0 bridgehead atoms. The fraction of sp³-hybridized carbons (Fsp3) is 0.619. The molecule has 2 fully saturated rings. The summed E-state index contributed by atoms with van der Waals surface area (Å²) in [5.74, 6) is -0.0154. The van der Waals surface area contributed by atoms with Crippen LogP contribution in [0.3, 0.4) is 0 Å². The fourth-order valence-corrected chi connectivity index (χ4v) is 3.89. The molecule has 1 aromatic carbocycles. The van der Waals surface area contributed by atoms with Crippen molar-refractivity contribution in [1.82, 2.24) is 10.6 Å². The molecule has 3 amide bonds. The molecule has 1 saturated heterocycles. The van der Waals surface area contributed by atoms with E-state index in [1.807, 2.05) is 12.1 Å². The molecular formula is C21H32N4O2. The summed E-state index contributed by atoms with van der Waals surface area (Å²) >= 11 is 0. The number of urea groups is 1. The zero-order chi connectivity index (χ0) is 18.9. The number of amides is 3. The molecule has 1 aliphatic heterocycles. The molecule has 0 spiro atoms. The van der Waals surface area contributed by atoms with E-state index in [-0.39, 0.29) is 11.9 Å². The smallest absolute Gasteiger partial charge is 0.315 e. The summed E-state index contributed by atoms with van der Waals surface area (Å²) < 4.78 is 0. The summed E-state index contributed by atoms with van der Waals surface area (Å²) in [6, 6.07) is 8.25. The van der Waals surface area contributed by atoms with Crippen LogP contribution >= 0.6 is 0 Å². The van der Waals surface area contributed by atoms with Gasteiger partial charge >= 0.3 is 6.03 Å². The number of rotatable bonds is 7. The predicted molar refractivity (Wildman–Crippen MR) is 109 cm³/mol. The molecular weight excluding hydrogens is 340 g/mol. The van der Waals surface area contributed by atoms with Crippen LogP contribution in [0.1, 0.15) is 57.8 Å². The van der Waals surface area contributed by atoms with Crippen molar-refractivity contribution in [3.8, 4) is 0 Å². The van der Waals surface area contributed by atoms with Crippen LogP contribution < -0.4 is 20.9 Å². The normalized spacial score (nSPS) is 17.6. The monoisotopic (exact) mass is 372 g/mol. The van der Waals surface area contributed by atoms with Gasteiger partial charge in [0, 0.05) is 43.5 Å². The molecule has 6 heteroatoms. The van der Waals surface area contributed by atoms with Gasteiger partial charge in [-0.15, -0.1) is 0 Å². The lowest BCUT2D eigenvalue weighted by atomic mass is 9.96. The standard InChI is InChI=1S/C21H32N4O2/c26-20(9-6-14-22-21(27)24-17-7-2-1-3-8-17)23-18-10-12-19(13-11-18)25-15-4-5-16-25/h10-13,17H,1-9,14-16H2,(H,23,26)(H2,22,24,27). The molecule has 2 aliphatic rings. The summed E-state index contributed by atoms with van der Waals surface area (Å²) in [7, 11) is 0. The van der Waals surface area contributed by atoms with Crippen LogP contribution in [-0.2, 0) is 4.79 Å². The molecule has 27 heavy (non-hydrogen) atoms. The Kier molecular flexibility index (Phi) is 7.36. The Bertz CT molecular complexity index is 605. The van der Waals surface area contributed by atoms with E-state index in [0.29, 0.717) is 25.4 Å². The lowest BCUT2D eigenvalue weighted by molar-refractivity contribution is -0.116. The van der Waals surface area contributed by atoms with Crippen LogP contribution in [0.15, 0.2) is 24.3 Å². The number of carbonyl (C=O) groups excluding carboxylic acids is 2. The van der Waals surface area contributed by atoms with Gasteiger partial charge < -0.3 is 20.9 Å². The molecule has 0 unspecified atom stereocenters.